The minimum atomic E-state index is -3.24. The van der Waals surface area contributed by atoms with E-state index in [2.05, 4.69) is 53.7 Å². The molecule has 0 radical (unpaired) electrons. The molecule has 3 heterocycles. The summed E-state index contributed by atoms with van der Waals surface area (Å²) in [4.78, 5) is 8.71. The highest BCUT2D eigenvalue weighted by Gasteiger charge is 2.28. The molecule has 37 heavy (non-hydrogen) atoms. The van der Waals surface area contributed by atoms with E-state index in [4.69, 9.17) is 9.72 Å². The molecule has 5 rings (SSSR count). The van der Waals surface area contributed by atoms with E-state index >= 15 is 0 Å². The van der Waals surface area contributed by atoms with Crippen LogP contribution in [0, 0.1) is 0 Å². The van der Waals surface area contributed by atoms with Crippen LogP contribution in [0.25, 0.3) is 20.8 Å². The molecule has 0 saturated carbocycles. The number of benzene rings is 2. The second kappa shape index (κ2) is 11.0. The van der Waals surface area contributed by atoms with Gasteiger partial charge in [-0.3, -0.25) is 0 Å². The molecule has 3 aliphatic heterocycles. The summed E-state index contributed by atoms with van der Waals surface area (Å²) in [5.41, 5.74) is 4.58. The van der Waals surface area contributed by atoms with Crippen molar-refractivity contribution in [2.45, 2.75) is 51.7 Å². The topological polar surface area (TPSA) is 65.8 Å². The zero-order chi connectivity index (χ0) is 26.2. The van der Waals surface area contributed by atoms with Crippen LogP contribution < -0.4 is 14.8 Å². The number of nitrogens with zero attached hydrogens (tertiary/aromatic N) is 4. The number of anilines is 1. The van der Waals surface area contributed by atoms with E-state index < -0.39 is 10.0 Å². The zero-order valence-corrected chi connectivity index (χ0v) is 24.1. The number of rotatable bonds is 5. The Morgan fingerprint density at radius 2 is 1.84 bits per heavy atom. The van der Waals surface area contributed by atoms with E-state index in [0.29, 0.717) is 25.6 Å². The normalized spacial score (nSPS) is 19.1. The van der Waals surface area contributed by atoms with Gasteiger partial charge >= 0.3 is 0 Å². The highest BCUT2D eigenvalue weighted by Crippen LogP contribution is 2.37. The van der Waals surface area contributed by atoms with Crippen LogP contribution in [0.2, 0.25) is 0 Å². The molecule has 9 heteroatoms. The lowest BCUT2D eigenvalue weighted by Crippen LogP contribution is -2.39. The minimum absolute atomic E-state index is 0.386. The Labute approximate surface area is 224 Å². The SMILES string of the molecule is CCC(C)c1cc(N2CCCN(S(=O)(=O)C(C)C)CC2)cc2sc3cc(=[N+]4CCOCC4)ccc-3nc12. The Bertz CT molecular complexity index is 1410. The van der Waals surface area contributed by atoms with Crippen LogP contribution in [-0.4, -0.2) is 75.4 Å². The number of morpholine rings is 1. The number of fused-ring (bicyclic) bond motifs is 2. The fourth-order valence-electron chi connectivity index (χ4n) is 5.23. The van der Waals surface area contributed by atoms with Gasteiger partial charge in [0.2, 0.25) is 15.4 Å². The van der Waals surface area contributed by atoms with E-state index in [0.717, 1.165) is 56.9 Å². The lowest BCUT2D eigenvalue weighted by molar-refractivity contribution is 0.0966. The number of ether oxygens (including phenoxy) is 1. The Kier molecular flexibility index (Phi) is 7.86. The molecule has 200 valence electrons. The van der Waals surface area contributed by atoms with Gasteiger partial charge in [0.05, 0.1) is 26.0 Å². The maximum absolute atomic E-state index is 12.8. The quantitative estimate of drug-likeness (QED) is 0.360. The number of hydrogen-bond acceptors (Lipinski definition) is 6. The largest absolute Gasteiger partial charge is 0.370 e. The van der Waals surface area contributed by atoms with Gasteiger partial charge in [-0.25, -0.2) is 18.0 Å². The summed E-state index contributed by atoms with van der Waals surface area (Å²) in [5, 5.41) is 0.839. The molecule has 0 N–H and O–H groups in total. The molecule has 0 amide bonds. The molecular weight excluding hydrogens is 504 g/mol. The molecule has 1 aliphatic carbocycles. The van der Waals surface area contributed by atoms with E-state index in [1.165, 1.54) is 26.2 Å². The van der Waals surface area contributed by atoms with Gasteiger partial charge in [-0.2, -0.15) is 4.31 Å². The van der Waals surface area contributed by atoms with Gasteiger partial charge in [0.1, 0.15) is 13.2 Å². The van der Waals surface area contributed by atoms with Crippen molar-refractivity contribution in [2.75, 3.05) is 57.4 Å². The van der Waals surface area contributed by atoms with E-state index in [1.807, 2.05) is 11.3 Å². The Balaban J connectivity index is 1.56. The number of hydrogen-bond donors (Lipinski definition) is 0. The van der Waals surface area contributed by atoms with Crippen molar-refractivity contribution < 1.29 is 13.2 Å². The van der Waals surface area contributed by atoms with Gasteiger partial charge < -0.3 is 9.64 Å². The predicted molar refractivity (Wildman–Crippen MR) is 153 cm³/mol. The van der Waals surface area contributed by atoms with Crippen molar-refractivity contribution in [3.63, 3.8) is 0 Å². The van der Waals surface area contributed by atoms with Gasteiger partial charge in [-0.15, -0.1) is 11.3 Å². The van der Waals surface area contributed by atoms with Crippen LogP contribution in [0.5, 0.6) is 0 Å². The Morgan fingerprint density at radius 1 is 1.05 bits per heavy atom. The second-order valence-electron chi connectivity index (χ2n) is 10.5. The molecule has 1 aromatic carbocycles. The van der Waals surface area contributed by atoms with Gasteiger partial charge in [0.15, 0.2) is 13.1 Å². The van der Waals surface area contributed by atoms with E-state index in [-0.39, 0.29) is 5.25 Å². The molecule has 0 spiro atoms. The molecule has 4 aliphatic rings. The van der Waals surface area contributed by atoms with Gasteiger partial charge in [0, 0.05) is 44.0 Å². The molecule has 2 fully saturated rings. The first-order valence-corrected chi connectivity index (χ1v) is 15.9. The van der Waals surface area contributed by atoms with Crippen LogP contribution in [0.15, 0.2) is 30.3 Å². The molecule has 2 saturated heterocycles. The average molecular weight is 544 g/mol. The van der Waals surface area contributed by atoms with Gasteiger partial charge in [-0.1, -0.05) is 13.8 Å². The number of aromatic nitrogens is 1. The molecule has 0 bridgehead atoms. The van der Waals surface area contributed by atoms with Crippen molar-refractivity contribution in [2.24, 2.45) is 0 Å². The van der Waals surface area contributed by atoms with Crippen LogP contribution in [-0.2, 0) is 14.8 Å². The van der Waals surface area contributed by atoms with Crippen LogP contribution in [0.4, 0.5) is 5.69 Å². The smallest absolute Gasteiger partial charge is 0.216 e. The van der Waals surface area contributed by atoms with Crippen molar-refractivity contribution in [1.29, 1.82) is 0 Å². The fourth-order valence-corrected chi connectivity index (χ4v) is 7.62. The van der Waals surface area contributed by atoms with Crippen molar-refractivity contribution >= 4 is 37.3 Å². The molecule has 1 aromatic rings. The van der Waals surface area contributed by atoms with Crippen molar-refractivity contribution in [3.8, 4) is 10.6 Å². The third kappa shape index (κ3) is 5.41. The summed E-state index contributed by atoms with van der Waals surface area (Å²) in [7, 11) is -3.24. The predicted octanol–water partition coefficient (Wildman–Crippen LogP) is 3.97. The highest BCUT2D eigenvalue weighted by molar-refractivity contribution is 7.89. The first kappa shape index (κ1) is 26.5. The van der Waals surface area contributed by atoms with Crippen LogP contribution >= 0.6 is 11.3 Å². The maximum atomic E-state index is 12.8. The summed E-state index contributed by atoms with van der Waals surface area (Å²) in [5.74, 6) is 0.386. The monoisotopic (exact) mass is 543 g/mol. The summed E-state index contributed by atoms with van der Waals surface area (Å²) in [6.07, 6.45) is 1.87. The maximum Gasteiger partial charge on any atom is 0.216 e. The molecule has 7 nitrogen and oxygen atoms in total. The van der Waals surface area contributed by atoms with Crippen LogP contribution in [0.1, 0.15) is 52.0 Å². The zero-order valence-electron chi connectivity index (χ0n) is 22.4. The molecular formula is C28H39N4O3S2+. The lowest BCUT2D eigenvalue weighted by atomic mass is 9.96. The Hall–Kier alpha value is -2.07. The van der Waals surface area contributed by atoms with Gasteiger partial charge in [0.25, 0.3) is 0 Å². The second-order valence-corrected chi connectivity index (χ2v) is 14.1. The minimum Gasteiger partial charge on any atom is -0.370 e. The average Bonchev–Trinajstić information content (AvgIpc) is 3.18. The fraction of sp³-hybridized carbons (Fsp3) is 0.571. The lowest BCUT2D eigenvalue weighted by Gasteiger charge is -2.26. The van der Waals surface area contributed by atoms with E-state index in [9.17, 15) is 8.42 Å². The third-order valence-electron chi connectivity index (χ3n) is 7.78. The molecule has 1 atom stereocenters. The molecule has 1 unspecified atom stereocenters. The summed E-state index contributed by atoms with van der Waals surface area (Å²) >= 11 is 1.81. The van der Waals surface area contributed by atoms with Crippen molar-refractivity contribution in [1.82, 2.24) is 13.9 Å². The summed E-state index contributed by atoms with van der Waals surface area (Å²) in [6, 6.07) is 11.2. The number of sulfonamides is 1. The Morgan fingerprint density at radius 3 is 2.57 bits per heavy atom. The van der Waals surface area contributed by atoms with Gasteiger partial charge in [-0.05, 0) is 56.4 Å². The summed E-state index contributed by atoms with van der Waals surface area (Å²) < 4.78 is 36.4. The van der Waals surface area contributed by atoms with Crippen LogP contribution in [0.3, 0.4) is 0 Å². The molecule has 0 aromatic heterocycles. The van der Waals surface area contributed by atoms with Crippen molar-refractivity contribution in [3.05, 3.63) is 41.3 Å². The first-order chi connectivity index (χ1) is 17.8. The standard InChI is InChI=1S/C28H39N4O3S2/c1-5-21(4)24-17-23(30-9-6-10-32(12-11-30)37(33,34)20(2)3)19-27-28(24)29-25-8-7-22(18-26(25)36-27)31-13-15-35-16-14-31/h7-8,17-21H,5-6,9-16H2,1-4H3/q+1. The van der Waals surface area contributed by atoms with E-state index in [1.54, 1.807) is 18.2 Å². The first-order valence-electron chi connectivity index (χ1n) is 13.6. The third-order valence-corrected chi connectivity index (χ3v) is 11.1. The highest BCUT2D eigenvalue weighted by atomic mass is 32.2. The summed E-state index contributed by atoms with van der Waals surface area (Å²) in [6.45, 7) is 14.1.